The summed E-state index contributed by atoms with van der Waals surface area (Å²) in [7, 11) is 0. The molecule has 3 nitrogen and oxygen atoms in total. The van der Waals surface area contributed by atoms with Gasteiger partial charge in [-0.1, -0.05) is 13.3 Å². The number of rotatable bonds is 5. The highest BCUT2D eigenvalue weighted by atomic mass is 16.6. The Hall–Kier alpha value is -0.570. The van der Waals surface area contributed by atoms with Gasteiger partial charge in [-0.05, 0) is 40.2 Å². The van der Waals surface area contributed by atoms with Crippen LogP contribution in [0.15, 0.2) is 0 Å². The van der Waals surface area contributed by atoms with Crippen LogP contribution in [0.5, 0.6) is 0 Å². The van der Waals surface area contributed by atoms with Crippen LogP contribution in [0.3, 0.4) is 0 Å². The number of hydrogen-bond donors (Lipinski definition) is 1. The molecule has 3 heteroatoms. The minimum absolute atomic E-state index is 0.0132. The van der Waals surface area contributed by atoms with Gasteiger partial charge < -0.3 is 10.5 Å². The normalized spacial score (nSPS) is 13.8. The Morgan fingerprint density at radius 3 is 2.36 bits per heavy atom. The number of unbranched alkanes of at least 4 members (excludes halogenated alkanes) is 1. The van der Waals surface area contributed by atoms with Gasteiger partial charge in [-0.2, -0.15) is 0 Å². The highest BCUT2D eigenvalue weighted by Gasteiger charge is 2.20. The van der Waals surface area contributed by atoms with E-state index in [0.717, 1.165) is 19.3 Å². The van der Waals surface area contributed by atoms with E-state index in [1.165, 1.54) is 0 Å². The molecule has 0 spiro atoms. The molecule has 0 radical (unpaired) electrons. The van der Waals surface area contributed by atoms with E-state index in [0.29, 0.717) is 6.54 Å². The van der Waals surface area contributed by atoms with Gasteiger partial charge in [-0.3, -0.25) is 4.79 Å². The second kappa shape index (κ2) is 6.02. The predicted octanol–water partition coefficient (Wildman–Crippen LogP) is 2.09. The van der Waals surface area contributed by atoms with E-state index in [4.69, 9.17) is 10.5 Å². The Bertz CT molecular complexity index is 173. The summed E-state index contributed by atoms with van der Waals surface area (Å²) in [6.45, 7) is 8.26. The minimum Gasteiger partial charge on any atom is -0.460 e. The van der Waals surface area contributed by atoms with Gasteiger partial charge in [0.25, 0.3) is 0 Å². The monoisotopic (exact) mass is 201 g/mol. The molecule has 0 aromatic heterocycles. The highest BCUT2D eigenvalue weighted by molar-refractivity contribution is 5.72. The average Bonchev–Trinajstić information content (AvgIpc) is 2.01. The number of nitrogens with two attached hydrogens (primary N) is 1. The lowest BCUT2D eigenvalue weighted by molar-refractivity contribution is -0.159. The third-order valence-electron chi connectivity index (χ3n) is 1.90. The van der Waals surface area contributed by atoms with Gasteiger partial charge in [0, 0.05) is 0 Å². The second-order valence-electron chi connectivity index (χ2n) is 4.72. The number of carbonyl (C=O) groups excluding carboxylic acids is 1. The molecule has 0 aliphatic rings. The Labute approximate surface area is 87.0 Å². The van der Waals surface area contributed by atoms with E-state index in [2.05, 4.69) is 0 Å². The van der Waals surface area contributed by atoms with E-state index in [1.54, 1.807) is 0 Å². The number of esters is 1. The molecule has 0 unspecified atom stereocenters. The van der Waals surface area contributed by atoms with Crippen molar-refractivity contribution >= 4 is 5.97 Å². The molecule has 84 valence electrons. The van der Waals surface area contributed by atoms with Crippen molar-refractivity contribution in [3.8, 4) is 0 Å². The Kier molecular flexibility index (Phi) is 5.77. The summed E-state index contributed by atoms with van der Waals surface area (Å²) in [6, 6.07) is 0. The van der Waals surface area contributed by atoms with Crippen molar-refractivity contribution in [3.05, 3.63) is 0 Å². The lowest BCUT2D eigenvalue weighted by Crippen LogP contribution is -2.27. The molecule has 0 heterocycles. The maximum atomic E-state index is 11.5. The molecule has 0 rings (SSSR count). The van der Waals surface area contributed by atoms with E-state index in [1.807, 2.05) is 27.7 Å². The largest absolute Gasteiger partial charge is 0.460 e. The molecule has 14 heavy (non-hydrogen) atoms. The molecule has 1 atom stereocenters. The van der Waals surface area contributed by atoms with Gasteiger partial charge in [0.05, 0.1) is 5.92 Å². The summed E-state index contributed by atoms with van der Waals surface area (Å²) in [4.78, 5) is 11.5. The first-order valence-corrected chi connectivity index (χ1v) is 5.29. The third-order valence-corrected chi connectivity index (χ3v) is 1.90. The molecule has 0 amide bonds. The van der Waals surface area contributed by atoms with Crippen LogP contribution >= 0.6 is 0 Å². The van der Waals surface area contributed by atoms with E-state index in [-0.39, 0.29) is 17.5 Å². The number of hydrogen-bond acceptors (Lipinski definition) is 3. The molecular weight excluding hydrogens is 178 g/mol. The smallest absolute Gasteiger partial charge is 0.309 e. The maximum Gasteiger partial charge on any atom is 0.309 e. The first-order chi connectivity index (χ1) is 6.37. The van der Waals surface area contributed by atoms with Crippen LogP contribution in [0.2, 0.25) is 0 Å². The Morgan fingerprint density at radius 1 is 1.36 bits per heavy atom. The summed E-state index contributed by atoms with van der Waals surface area (Å²) in [5.41, 5.74) is 5.00. The van der Waals surface area contributed by atoms with Crippen LogP contribution in [-0.4, -0.2) is 18.1 Å². The molecule has 2 N–H and O–H groups in total. The average molecular weight is 201 g/mol. The summed E-state index contributed by atoms with van der Waals surface area (Å²) >= 11 is 0. The summed E-state index contributed by atoms with van der Waals surface area (Å²) in [5.74, 6) is -0.115. The SMILES string of the molecule is C[C@H](CCCCN)C(=O)OC(C)(C)C. The molecule has 0 saturated heterocycles. The van der Waals surface area contributed by atoms with Crippen molar-refractivity contribution in [2.45, 2.75) is 52.6 Å². The van der Waals surface area contributed by atoms with E-state index >= 15 is 0 Å². The zero-order chi connectivity index (χ0) is 11.2. The second-order valence-corrected chi connectivity index (χ2v) is 4.72. The van der Waals surface area contributed by atoms with Crippen LogP contribution in [-0.2, 0) is 9.53 Å². The summed E-state index contributed by atoms with van der Waals surface area (Å²) < 4.78 is 5.26. The van der Waals surface area contributed by atoms with Gasteiger partial charge in [0.15, 0.2) is 0 Å². The molecular formula is C11H23NO2. The fourth-order valence-electron chi connectivity index (χ4n) is 1.12. The fraction of sp³-hybridized carbons (Fsp3) is 0.909. The first-order valence-electron chi connectivity index (χ1n) is 5.29. The fourth-order valence-corrected chi connectivity index (χ4v) is 1.12. The lowest BCUT2D eigenvalue weighted by atomic mass is 10.0. The van der Waals surface area contributed by atoms with E-state index in [9.17, 15) is 4.79 Å². The molecule has 0 bridgehead atoms. The van der Waals surface area contributed by atoms with Gasteiger partial charge in [0.1, 0.15) is 5.60 Å². The van der Waals surface area contributed by atoms with E-state index < -0.39 is 0 Å². The quantitative estimate of drug-likeness (QED) is 0.547. The van der Waals surface area contributed by atoms with Crippen LogP contribution < -0.4 is 5.73 Å². The number of carbonyl (C=O) groups is 1. The molecule has 0 aliphatic carbocycles. The van der Waals surface area contributed by atoms with Crippen molar-refractivity contribution in [1.82, 2.24) is 0 Å². The molecule has 0 saturated carbocycles. The predicted molar refractivity (Wildman–Crippen MR) is 57.9 cm³/mol. The van der Waals surface area contributed by atoms with Gasteiger partial charge in [-0.15, -0.1) is 0 Å². The van der Waals surface area contributed by atoms with Gasteiger partial charge in [-0.25, -0.2) is 0 Å². The van der Waals surface area contributed by atoms with Crippen LogP contribution in [0, 0.1) is 5.92 Å². The van der Waals surface area contributed by atoms with Gasteiger partial charge >= 0.3 is 5.97 Å². The van der Waals surface area contributed by atoms with Crippen LogP contribution in [0.4, 0.5) is 0 Å². The minimum atomic E-state index is -0.376. The zero-order valence-electron chi connectivity index (χ0n) is 9.80. The molecule has 0 aromatic rings. The molecule has 0 fully saturated rings. The van der Waals surface area contributed by atoms with Crippen LogP contribution in [0.25, 0.3) is 0 Å². The summed E-state index contributed by atoms with van der Waals surface area (Å²) in [5, 5.41) is 0. The van der Waals surface area contributed by atoms with Gasteiger partial charge in [0.2, 0.25) is 0 Å². The number of ether oxygens (including phenoxy) is 1. The third kappa shape index (κ3) is 6.89. The maximum absolute atomic E-state index is 11.5. The summed E-state index contributed by atoms with van der Waals surface area (Å²) in [6.07, 6.45) is 2.84. The molecule has 0 aromatic carbocycles. The first kappa shape index (κ1) is 13.4. The van der Waals surface area contributed by atoms with Crippen molar-refractivity contribution < 1.29 is 9.53 Å². The Morgan fingerprint density at radius 2 is 1.93 bits per heavy atom. The highest BCUT2D eigenvalue weighted by Crippen LogP contribution is 2.15. The van der Waals surface area contributed by atoms with Crippen molar-refractivity contribution in [1.29, 1.82) is 0 Å². The van der Waals surface area contributed by atoms with Crippen molar-refractivity contribution in [2.75, 3.05) is 6.54 Å². The topological polar surface area (TPSA) is 52.3 Å². The molecule has 0 aliphatic heterocycles. The lowest BCUT2D eigenvalue weighted by Gasteiger charge is -2.22. The zero-order valence-corrected chi connectivity index (χ0v) is 9.80. The van der Waals surface area contributed by atoms with Crippen molar-refractivity contribution in [3.63, 3.8) is 0 Å². The standard InChI is InChI=1S/C11H23NO2/c1-9(7-5-6-8-12)10(13)14-11(2,3)4/h9H,5-8,12H2,1-4H3/t9-/m1/s1. The van der Waals surface area contributed by atoms with Crippen LogP contribution in [0.1, 0.15) is 47.0 Å². The van der Waals surface area contributed by atoms with Crippen molar-refractivity contribution in [2.24, 2.45) is 11.7 Å². The Balaban J connectivity index is 3.77.